The standard InChI is InChI=1S/C9H8Br2N2OS/c10-6-2-4-15-8(6)7(13-12)5-1-3-14-9(5)11/h1-4,7,13H,12H2. The van der Waals surface area contributed by atoms with Crippen molar-refractivity contribution in [3.8, 4) is 0 Å². The number of furan rings is 1. The maximum absolute atomic E-state index is 5.57. The smallest absolute Gasteiger partial charge is 0.174 e. The first kappa shape index (κ1) is 11.3. The van der Waals surface area contributed by atoms with E-state index in [9.17, 15) is 0 Å². The molecule has 0 saturated carbocycles. The fourth-order valence-corrected chi connectivity index (χ4v) is 3.48. The van der Waals surface area contributed by atoms with Crippen LogP contribution in [-0.2, 0) is 0 Å². The van der Waals surface area contributed by atoms with E-state index >= 15 is 0 Å². The lowest BCUT2D eigenvalue weighted by atomic mass is 10.1. The highest BCUT2D eigenvalue weighted by molar-refractivity contribution is 9.10. The Kier molecular flexibility index (Phi) is 3.63. The largest absolute Gasteiger partial charge is 0.457 e. The first-order valence-electron chi connectivity index (χ1n) is 4.16. The predicted molar refractivity (Wildman–Crippen MR) is 67.6 cm³/mol. The van der Waals surface area contributed by atoms with Gasteiger partial charge in [-0.1, -0.05) is 0 Å². The van der Waals surface area contributed by atoms with Crippen LogP contribution in [0.5, 0.6) is 0 Å². The topological polar surface area (TPSA) is 51.2 Å². The molecule has 6 heteroatoms. The summed E-state index contributed by atoms with van der Waals surface area (Å²) >= 11 is 8.47. The molecule has 2 aromatic heterocycles. The van der Waals surface area contributed by atoms with E-state index < -0.39 is 0 Å². The second-order valence-corrected chi connectivity index (χ2v) is 5.40. The van der Waals surface area contributed by atoms with Gasteiger partial charge in [0.2, 0.25) is 0 Å². The van der Waals surface area contributed by atoms with Crippen LogP contribution in [0.2, 0.25) is 0 Å². The molecular weight excluding hydrogens is 344 g/mol. The third kappa shape index (κ3) is 2.19. The third-order valence-electron chi connectivity index (χ3n) is 2.03. The number of nitrogens with two attached hydrogens (primary N) is 1. The highest BCUT2D eigenvalue weighted by Gasteiger charge is 2.20. The maximum atomic E-state index is 5.57. The van der Waals surface area contributed by atoms with Crippen LogP contribution in [0, 0.1) is 0 Å². The van der Waals surface area contributed by atoms with E-state index in [1.165, 1.54) is 0 Å². The van der Waals surface area contributed by atoms with Crippen molar-refractivity contribution >= 4 is 43.2 Å². The van der Waals surface area contributed by atoms with Crippen molar-refractivity contribution in [3.63, 3.8) is 0 Å². The van der Waals surface area contributed by atoms with E-state index in [2.05, 4.69) is 37.3 Å². The average molecular weight is 352 g/mol. The minimum absolute atomic E-state index is 0.0625. The Morgan fingerprint density at radius 3 is 2.67 bits per heavy atom. The minimum Gasteiger partial charge on any atom is -0.457 e. The van der Waals surface area contributed by atoms with E-state index in [1.807, 2.05) is 17.5 Å². The van der Waals surface area contributed by atoms with Gasteiger partial charge in [0, 0.05) is 14.9 Å². The number of hydrazine groups is 1. The zero-order valence-corrected chi connectivity index (χ0v) is 11.5. The van der Waals surface area contributed by atoms with Crippen molar-refractivity contribution in [2.24, 2.45) is 5.84 Å². The van der Waals surface area contributed by atoms with E-state index in [-0.39, 0.29) is 6.04 Å². The molecule has 0 bridgehead atoms. The van der Waals surface area contributed by atoms with Gasteiger partial charge in [-0.25, -0.2) is 5.43 Å². The number of hydrogen-bond donors (Lipinski definition) is 2. The average Bonchev–Trinajstić information content (AvgIpc) is 2.80. The van der Waals surface area contributed by atoms with Crippen LogP contribution in [0.25, 0.3) is 0 Å². The van der Waals surface area contributed by atoms with Gasteiger partial charge in [0.05, 0.1) is 12.3 Å². The van der Waals surface area contributed by atoms with Gasteiger partial charge in [0.1, 0.15) is 0 Å². The lowest BCUT2D eigenvalue weighted by molar-refractivity contribution is 0.527. The van der Waals surface area contributed by atoms with Gasteiger partial charge in [-0.3, -0.25) is 5.84 Å². The molecule has 80 valence electrons. The Bertz CT molecular complexity index is 414. The number of hydrogen-bond acceptors (Lipinski definition) is 4. The predicted octanol–water partition coefficient (Wildman–Crippen LogP) is 3.42. The lowest BCUT2D eigenvalue weighted by Crippen LogP contribution is -2.28. The lowest BCUT2D eigenvalue weighted by Gasteiger charge is -2.13. The number of nitrogens with one attached hydrogen (secondary N) is 1. The molecule has 1 atom stereocenters. The summed E-state index contributed by atoms with van der Waals surface area (Å²) in [6, 6.07) is 3.83. The van der Waals surface area contributed by atoms with Gasteiger partial charge in [-0.2, -0.15) is 0 Å². The second-order valence-electron chi connectivity index (χ2n) is 2.88. The second kappa shape index (κ2) is 4.80. The van der Waals surface area contributed by atoms with Gasteiger partial charge < -0.3 is 4.42 Å². The Morgan fingerprint density at radius 1 is 1.40 bits per heavy atom. The molecule has 2 heterocycles. The molecule has 15 heavy (non-hydrogen) atoms. The molecule has 0 radical (unpaired) electrons. The van der Waals surface area contributed by atoms with Gasteiger partial charge in [0.25, 0.3) is 0 Å². The van der Waals surface area contributed by atoms with Crippen molar-refractivity contribution in [3.05, 3.63) is 43.4 Å². The molecule has 0 aliphatic rings. The molecule has 0 fully saturated rings. The molecule has 1 unspecified atom stereocenters. The van der Waals surface area contributed by atoms with Crippen LogP contribution in [-0.4, -0.2) is 0 Å². The molecule has 2 rings (SSSR count). The third-order valence-corrected chi connectivity index (χ3v) is 4.61. The van der Waals surface area contributed by atoms with Crippen molar-refractivity contribution in [2.75, 3.05) is 0 Å². The fraction of sp³-hybridized carbons (Fsp3) is 0.111. The van der Waals surface area contributed by atoms with E-state index in [4.69, 9.17) is 10.3 Å². The summed E-state index contributed by atoms with van der Waals surface area (Å²) < 4.78 is 6.94. The summed E-state index contributed by atoms with van der Waals surface area (Å²) in [5.74, 6) is 5.57. The Labute approximate surface area is 108 Å². The van der Waals surface area contributed by atoms with Gasteiger partial charge in [-0.15, -0.1) is 11.3 Å². The van der Waals surface area contributed by atoms with Gasteiger partial charge in [-0.05, 0) is 49.4 Å². The Hall–Kier alpha value is -0.140. The quantitative estimate of drug-likeness (QED) is 0.658. The first-order chi connectivity index (χ1) is 7.24. The first-order valence-corrected chi connectivity index (χ1v) is 6.62. The van der Waals surface area contributed by atoms with E-state index in [0.29, 0.717) is 4.67 Å². The molecule has 3 N–H and O–H groups in total. The van der Waals surface area contributed by atoms with E-state index in [0.717, 1.165) is 14.9 Å². The highest BCUT2D eigenvalue weighted by atomic mass is 79.9. The number of halogens is 2. The molecule has 2 aromatic rings. The molecule has 0 aliphatic carbocycles. The molecule has 0 saturated heterocycles. The molecule has 0 aromatic carbocycles. The molecule has 3 nitrogen and oxygen atoms in total. The van der Waals surface area contributed by atoms with Gasteiger partial charge in [0.15, 0.2) is 4.67 Å². The number of thiophene rings is 1. The summed E-state index contributed by atoms with van der Waals surface area (Å²) in [7, 11) is 0. The summed E-state index contributed by atoms with van der Waals surface area (Å²) in [5, 5.41) is 2.01. The molecule has 0 spiro atoms. The molecule has 0 aliphatic heterocycles. The van der Waals surface area contributed by atoms with Crippen molar-refractivity contribution in [1.82, 2.24) is 5.43 Å². The van der Waals surface area contributed by atoms with Crippen LogP contribution in [0.3, 0.4) is 0 Å². The maximum Gasteiger partial charge on any atom is 0.174 e. The number of rotatable bonds is 3. The van der Waals surface area contributed by atoms with Crippen LogP contribution in [0.15, 0.2) is 37.3 Å². The summed E-state index contributed by atoms with van der Waals surface area (Å²) in [6.45, 7) is 0. The fourth-order valence-electron chi connectivity index (χ4n) is 1.33. The van der Waals surface area contributed by atoms with Crippen molar-refractivity contribution in [2.45, 2.75) is 6.04 Å². The summed E-state index contributed by atoms with van der Waals surface area (Å²) in [6.07, 6.45) is 1.63. The monoisotopic (exact) mass is 350 g/mol. The normalized spacial score (nSPS) is 13.0. The van der Waals surface area contributed by atoms with Crippen molar-refractivity contribution < 1.29 is 4.42 Å². The van der Waals surface area contributed by atoms with Gasteiger partial charge >= 0.3 is 0 Å². The van der Waals surface area contributed by atoms with E-state index in [1.54, 1.807) is 17.6 Å². The van der Waals surface area contributed by atoms with Crippen LogP contribution >= 0.6 is 43.2 Å². The molecular formula is C9H8Br2N2OS. The van der Waals surface area contributed by atoms with Crippen LogP contribution in [0.1, 0.15) is 16.5 Å². The molecule has 0 amide bonds. The van der Waals surface area contributed by atoms with Crippen LogP contribution in [0.4, 0.5) is 0 Å². The van der Waals surface area contributed by atoms with Crippen molar-refractivity contribution in [1.29, 1.82) is 0 Å². The Morgan fingerprint density at radius 2 is 2.20 bits per heavy atom. The zero-order chi connectivity index (χ0) is 10.8. The zero-order valence-electron chi connectivity index (χ0n) is 7.54. The highest BCUT2D eigenvalue weighted by Crippen LogP contribution is 2.35. The SMILES string of the molecule is NNC(c1ccoc1Br)c1sccc1Br. The minimum atomic E-state index is -0.0625. The Balaban J connectivity index is 2.41. The summed E-state index contributed by atoms with van der Waals surface area (Å²) in [4.78, 5) is 1.12. The van der Waals surface area contributed by atoms with Crippen LogP contribution < -0.4 is 11.3 Å². The summed E-state index contributed by atoms with van der Waals surface area (Å²) in [5.41, 5.74) is 3.77.